The minimum atomic E-state index is -0.885. The van der Waals surface area contributed by atoms with Crippen LogP contribution in [0.2, 0.25) is 0 Å². The Morgan fingerprint density at radius 2 is 2.23 bits per heavy atom. The first-order valence-corrected chi connectivity index (χ1v) is 3.92. The summed E-state index contributed by atoms with van der Waals surface area (Å²) >= 11 is 0. The third kappa shape index (κ3) is 4.25. The molecule has 0 aliphatic heterocycles. The molecular weight excluding hydrogens is 170 g/mol. The van der Waals surface area contributed by atoms with Crippen LogP contribution >= 0.6 is 0 Å². The van der Waals surface area contributed by atoms with Crippen LogP contribution in [-0.4, -0.2) is 35.7 Å². The normalized spacial score (nSPS) is 10.6. The number of carboxylic acids is 1. The summed E-state index contributed by atoms with van der Waals surface area (Å²) in [6.45, 7) is 7.06. The maximum absolute atomic E-state index is 10.2. The van der Waals surface area contributed by atoms with E-state index in [2.05, 4.69) is 17.0 Å². The number of carbonyl (C=O) groups is 1. The van der Waals surface area contributed by atoms with Gasteiger partial charge in [-0.25, -0.2) is 0 Å². The lowest BCUT2D eigenvalue weighted by atomic mass is 10.1. The zero-order valence-corrected chi connectivity index (χ0v) is 7.92. The van der Waals surface area contributed by atoms with Gasteiger partial charge in [0.25, 0.3) is 0 Å². The van der Waals surface area contributed by atoms with Gasteiger partial charge in [-0.1, -0.05) is 0 Å². The fraction of sp³-hybridized carbons (Fsp3) is 0.625. The number of aliphatic carboxylic acids is 1. The Hall–Kier alpha value is -1.39. The number of carboxylic acid groups (broad SMARTS) is 1. The van der Waals surface area contributed by atoms with Crippen LogP contribution in [0, 0.1) is 5.41 Å². The minimum absolute atomic E-state index is 0.00436. The van der Waals surface area contributed by atoms with Gasteiger partial charge in [-0.15, -0.1) is 0 Å². The van der Waals surface area contributed by atoms with Gasteiger partial charge in [-0.2, -0.15) is 0 Å². The van der Waals surface area contributed by atoms with Gasteiger partial charge in [0.1, 0.15) is 11.4 Å². The van der Waals surface area contributed by atoms with Gasteiger partial charge in [0.05, 0.1) is 6.42 Å². The highest BCUT2D eigenvalue weighted by molar-refractivity contribution is 5.88. The fourth-order valence-corrected chi connectivity index (χ4v) is 0.590. The van der Waals surface area contributed by atoms with Gasteiger partial charge in [0.15, 0.2) is 0 Å². The van der Waals surface area contributed by atoms with Crippen molar-refractivity contribution in [1.29, 1.82) is 5.41 Å². The molecule has 0 radical (unpaired) electrons. The number of hydrogen-bond acceptors (Lipinski definition) is 3. The lowest BCUT2D eigenvalue weighted by Crippen LogP contribution is -2.40. The molecule has 5 heteroatoms. The van der Waals surface area contributed by atoms with Crippen molar-refractivity contribution < 1.29 is 9.90 Å². The molecule has 0 atom stereocenters. The zero-order chi connectivity index (χ0) is 10.5. The SMILES string of the molecule is C=NC(C)(C)C(=N)NCCC(=O)O. The van der Waals surface area contributed by atoms with Crippen molar-refractivity contribution in [1.82, 2.24) is 5.32 Å². The first-order valence-electron chi connectivity index (χ1n) is 3.92. The number of aliphatic imine (C=N–C) groups is 1. The molecule has 0 saturated carbocycles. The first kappa shape index (κ1) is 11.6. The molecule has 0 aromatic heterocycles. The van der Waals surface area contributed by atoms with Gasteiger partial charge < -0.3 is 10.4 Å². The van der Waals surface area contributed by atoms with Crippen molar-refractivity contribution in [3.8, 4) is 0 Å². The molecule has 0 saturated heterocycles. The van der Waals surface area contributed by atoms with Crippen molar-refractivity contribution >= 4 is 18.5 Å². The quantitative estimate of drug-likeness (QED) is 0.431. The van der Waals surface area contributed by atoms with Crippen molar-refractivity contribution in [2.24, 2.45) is 4.99 Å². The van der Waals surface area contributed by atoms with E-state index in [4.69, 9.17) is 10.5 Å². The van der Waals surface area contributed by atoms with E-state index in [0.29, 0.717) is 0 Å². The summed E-state index contributed by atoms with van der Waals surface area (Å²) in [6, 6.07) is 0. The number of hydrogen-bond donors (Lipinski definition) is 3. The lowest BCUT2D eigenvalue weighted by Gasteiger charge is -2.20. The molecule has 0 amide bonds. The van der Waals surface area contributed by atoms with E-state index < -0.39 is 11.5 Å². The molecule has 74 valence electrons. The van der Waals surface area contributed by atoms with Gasteiger partial charge in [0, 0.05) is 6.54 Å². The second-order valence-corrected chi connectivity index (χ2v) is 3.16. The second kappa shape index (κ2) is 4.59. The number of nitrogens with zero attached hydrogens (tertiary/aromatic N) is 1. The third-order valence-electron chi connectivity index (χ3n) is 1.65. The average molecular weight is 185 g/mol. The largest absolute Gasteiger partial charge is 0.481 e. The van der Waals surface area contributed by atoms with E-state index in [1.54, 1.807) is 13.8 Å². The summed E-state index contributed by atoms with van der Waals surface area (Å²) in [6.07, 6.45) is -0.00436. The highest BCUT2D eigenvalue weighted by Crippen LogP contribution is 2.07. The molecule has 0 aromatic rings. The van der Waals surface area contributed by atoms with Crippen molar-refractivity contribution in [2.75, 3.05) is 6.54 Å². The number of amidine groups is 1. The Labute approximate surface area is 77.4 Å². The Morgan fingerprint density at radius 1 is 1.69 bits per heavy atom. The Balaban J connectivity index is 3.88. The standard InChI is InChI=1S/C8H15N3O2/c1-8(2,10-3)7(9)11-5-4-6(12)13/h3-5H2,1-2H3,(H2,9,11)(H,12,13). The van der Waals surface area contributed by atoms with E-state index in [9.17, 15) is 4.79 Å². The lowest BCUT2D eigenvalue weighted by molar-refractivity contribution is -0.136. The summed E-state index contributed by atoms with van der Waals surface area (Å²) in [7, 11) is 0. The van der Waals surface area contributed by atoms with Crippen molar-refractivity contribution in [3.05, 3.63) is 0 Å². The molecule has 13 heavy (non-hydrogen) atoms. The van der Waals surface area contributed by atoms with Crippen LogP contribution in [0.5, 0.6) is 0 Å². The van der Waals surface area contributed by atoms with Gasteiger partial charge >= 0.3 is 5.97 Å². The maximum atomic E-state index is 10.2. The van der Waals surface area contributed by atoms with Crippen LogP contribution in [0.3, 0.4) is 0 Å². The fourth-order valence-electron chi connectivity index (χ4n) is 0.590. The molecule has 0 bridgehead atoms. The summed E-state index contributed by atoms with van der Waals surface area (Å²) in [5, 5.41) is 18.5. The summed E-state index contributed by atoms with van der Waals surface area (Å²) in [5.41, 5.74) is -0.668. The zero-order valence-electron chi connectivity index (χ0n) is 7.92. The summed E-state index contributed by atoms with van der Waals surface area (Å²) < 4.78 is 0. The van der Waals surface area contributed by atoms with Crippen LogP contribution in [0.4, 0.5) is 0 Å². The third-order valence-corrected chi connectivity index (χ3v) is 1.65. The van der Waals surface area contributed by atoms with Crippen LogP contribution < -0.4 is 5.32 Å². The highest BCUT2D eigenvalue weighted by Gasteiger charge is 2.20. The monoisotopic (exact) mass is 185 g/mol. The minimum Gasteiger partial charge on any atom is -0.481 e. The van der Waals surface area contributed by atoms with E-state index in [0.717, 1.165) is 0 Å². The molecule has 0 unspecified atom stereocenters. The van der Waals surface area contributed by atoms with E-state index in [1.807, 2.05) is 0 Å². The van der Waals surface area contributed by atoms with Gasteiger partial charge in [-0.05, 0) is 20.6 Å². The second-order valence-electron chi connectivity index (χ2n) is 3.16. The predicted molar refractivity (Wildman–Crippen MR) is 51.6 cm³/mol. The first-order chi connectivity index (χ1) is 5.90. The topological polar surface area (TPSA) is 85.5 Å². The Bertz CT molecular complexity index is 223. The van der Waals surface area contributed by atoms with Crippen molar-refractivity contribution in [3.63, 3.8) is 0 Å². The highest BCUT2D eigenvalue weighted by atomic mass is 16.4. The Kier molecular flexibility index (Phi) is 4.10. The molecule has 0 heterocycles. The molecule has 3 N–H and O–H groups in total. The van der Waals surface area contributed by atoms with E-state index >= 15 is 0 Å². The van der Waals surface area contributed by atoms with Crippen LogP contribution in [0.1, 0.15) is 20.3 Å². The Morgan fingerprint density at radius 3 is 2.62 bits per heavy atom. The van der Waals surface area contributed by atoms with Gasteiger partial charge in [0.2, 0.25) is 0 Å². The van der Waals surface area contributed by atoms with Crippen LogP contribution in [-0.2, 0) is 4.79 Å². The molecular formula is C8H15N3O2. The molecule has 0 aromatic carbocycles. The summed E-state index contributed by atoms with van der Waals surface area (Å²) in [5.74, 6) is -0.701. The number of nitrogens with one attached hydrogen (secondary N) is 2. The molecule has 0 fully saturated rings. The maximum Gasteiger partial charge on any atom is 0.305 e. The van der Waals surface area contributed by atoms with E-state index in [-0.39, 0.29) is 18.8 Å². The van der Waals surface area contributed by atoms with Crippen LogP contribution in [0.25, 0.3) is 0 Å². The van der Waals surface area contributed by atoms with E-state index in [1.165, 1.54) is 0 Å². The predicted octanol–water partition coefficient (Wildman–Crippen LogP) is 0.507. The van der Waals surface area contributed by atoms with Gasteiger partial charge in [-0.3, -0.25) is 15.2 Å². The molecule has 0 aliphatic rings. The molecule has 5 nitrogen and oxygen atoms in total. The van der Waals surface area contributed by atoms with Crippen LogP contribution in [0.15, 0.2) is 4.99 Å². The average Bonchev–Trinajstić information content (AvgIpc) is 2.03. The molecule has 0 aliphatic carbocycles. The number of rotatable bonds is 5. The summed E-state index contributed by atoms with van der Waals surface area (Å²) in [4.78, 5) is 13.9. The molecule has 0 rings (SSSR count). The smallest absolute Gasteiger partial charge is 0.305 e. The molecule has 0 spiro atoms. The van der Waals surface area contributed by atoms with Crippen molar-refractivity contribution in [2.45, 2.75) is 25.8 Å².